The van der Waals surface area contributed by atoms with Crippen LogP contribution in [0.5, 0.6) is 0 Å². The first-order valence-electron chi connectivity index (χ1n) is 7.35. The first-order chi connectivity index (χ1) is 11.2. The van der Waals surface area contributed by atoms with Gasteiger partial charge in [0.25, 0.3) is 5.91 Å². The number of anilines is 1. The maximum atomic E-state index is 12.5. The number of nitrogens with one attached hydrogen (secondary N) is 2. The molecule has 4 rings (SSSR count). The third-order valence-corrected chi connectivity index (χ3v) is 3.89. The second-order valence-corrected chi connectivity index (χ2v) is 5.38. The SMILES string of the molecule is O=C(Nc1ccc2nccnc2n1)c1c[nH]c2c1C(=O)CCC2. The van der Waals surface area contributed by atoms with Gasteiger partial charge in [0.1, 0.15) is 11.3 Å². The number of H-pyrrole nitrogens is 1. The average molecular weight is 307 g/mol. The number of nitrogens with zero attached hydrogens (tertiary/aromatic N) is 3. The summed E-state index contributed by atoms with van der Waals surface area (Å²) in [6, 6.07) is 3.40. The molecule has 3 aromatic heterocycles. The predicted octanol–water partition coefficient (Wildman–Crippen LogP) is 2.12. The molecule has 7 nitrogen and oxygen atoms in total. The van der Waals surface area contributed by atoms with E-state index in [4.69, 9.17) is 0 Å². The third-order valence-electron chi connectivity index (χ3n) is 3.89. The first kappa shape index (κ1) is 13.6. The Morgan fingerprint density at radius 2 is 2.04 bits per heavy atom. The van der Waals surface area contributed by atoms with E-state index < -0.39 is 0 Å². The lowest BCUT2D eigenvalue weighted by Crippen LogP contribution is -2.18. The minimum absolute atomic E-state index is 0.00925. The molecule has 0 bridgehead atoms. The standard InChI is InChI=1S/C16H13N5O2/c22-12-3-1-2-10-14(12)9(8-19-10)16(23)21-13-5-4-11-15(20-13)18-7-6-17-11/h4-8,19H,1-3H2,(H,18,20,21,23). The largest absolute Gasteiger partial charge is 0.364 e. The van der Waals surface area contributed by atoms with Crippen molar-refractivity contribution in [2.75, 3.05) is 5.32 Å². The summed E-state index contributed by atoms with van der Waals surface area (Å²) in [5.74, 6) is 0.0321. The van der Waals surface area contributed by atoms with Gasteiger partial charge in [-0.3, -0.25) is 14.6 Å². The topological polar surface area (TPSA) is 101 Å². The number of ketones is 1. The zero-order chi connectivity index (χ0) is 15.8. The lowest BCUT2D eigenvalue weighted by Gasteiger charge is -2.11. The van der Waals surface area contributed by atoms with Crippen LogP contribution in [0.15, 0.2) is 30.7 Å². The molecule has 2 N–H and O–H groups in total. The third kappa shape index (κ3) is 2.36. The molecule has 114 valence electrons. The molecule has 0 spiro atoms. The Morgan fingerprint density at radius 1 is 1.17 bits per heavy atom. The summed E-state index contributed by atoms with van der Waals surface area (Å²) in [6.07, 6.45) is 6.80. The van der Waals surface area contributed by atoms with Crippen LogP contribution in [-0.2, 0) is 6.42 Å². The summed E-state index contributed by atoms with van der Waals surface area (Å²) in [4.78, 5) is 40.1. The molecule has 0 saturated heterocycles. The van der Waals surface area contributed by atoms with Crippen LogP contribution in [0, 0.1) is 0 Å². The van der Waals surface area contributed by atoms with E-state index in [0.29, 0.717) is 34.5 Å². The Morgan fingerprint density at radius 3 is 2.96 bits per heavy atom. The molecule has 3 heterocycles. The number of aromatic nitrogens is 4. The van der Waals surface area contributed by atoms with E-state index in [1.807, 2.05) is 0 Å². The van der Waals surface area contributed by atoms with Gasteiger partial charge in [0.05, 0.1) is 11.1 Å². The minimum atomic E-state index is -0.353. The quantitative estimate of drug-likeness (QED) is 0.755. The zero-order valence-corrected chi connectivity index (χ0v) is 12.2. The fourth-order valence-corrected chi connectivity index (χ4v) is 2.82. The van der Waals surface area contributed by atoms with Crippen LogP contribution in [0.4, 0.5) is 5.82 Å². The monoisotopic (exact) mass is 307 g/mol. The molecule has 23 heavy (non-hydrogen) atoms. The van der Waals surface area contributed by atoms with Gasteiger partial charge in [0.15, 0.2) is 11.4 Å². The van der Waals surface area contributed by atoms with Crippen molar-refractivity contribution in [1.29, 1.82) is 0 Å². The van der Waals surface area contributed by atoms with E-state index in [2.05, 4.69) is 25.3 Å². The van der Waals surface area contributed by atoms with Gasteiger partial charge in [-0.15, -0.1) is 0 Å². The Kier molecular flexibility index (Phi) is 3.11. The number of hydrogen-bond acceptors (Lipinski definition) is 5. The maximum absolute atomic E-state index is 12.5. The molecule has 1 amide bonds. The number of aromatic amines is 1. The predicted molar refractivity (Wildman–Crippen MR) is 83.3 cm³/mol. The fourth-order valence-electron chi connectivity index (χ4n) is 2.82. The van der Waals surface area contributed by atoms with Crippen LogP contribution < -0.4 is 5.32 Å². The number of aryl methyl sites for hydroxylation is 1. The molecule has 0 aliphatic heterocycles. The van der Waals surface area contributed by atoms with Crippen LogP contribution in [0.25, 0.3) is 11.2 Å². The lowest BCUT2D eigenvalue weighted by molar-refractivity contribution is 0.0956. The van der Waals surface area contributed by atoms with Crippen molar-refractivity contribution in [3.8, 4) is 0 Å². The first-order valence-corrected chi connectivity index (χ1v) is 7.35. The number of pyridine rings is 1. The number of amides is 1. The summed E-state index contributed by atoms with van der Waals surface area (Å²) >= 11 is 0. The van der Waals surface area contributed by atoms with E-state index in [9.17, 15) is 9.59 Å². The molecule has 0 unspecified atom stereocenters. The Balaban J connectivity index is 1.65. The average Bonchev–Trinajstić information content (AvgIpc) is 3.00. The summed E-state index contributed by atoms with van der Waals surface area (Å²) in [6.45, 7) is 0. The number of fused-ring (bicyclic) bond motifs is 2. The Hall–Kier alpha value is -3.09. The molecule has 1 aliphatic rings. The van der Waals surface area contributed by atoms with Gasteiger partial charge in [-0.2, -0.15) is 0 Å². The van der Waals surface area contributed by atoms with Gasteiger partial charge in [-0.05, 0) is 25.0 Å². The molecule has 0 saturated carbocycles. The highest BCUT2D eigenvalue weighted by atomic mass is 16.2. The van der Waals surface area contributed by atoms with Crippen LogP contribution in [0.1, 0.15) is 39.3 Å². The van der Waals surface area contributed by atoms with Crippen molar-refractivity contribution in [2.45, 2.75) is 19.3 Å². The minimum Gasteiger partial charge on any atom is -0.364 e. The molecule has 7 heteroatoms. The smallest absolute Gasteiger partial charge is 0.259 e. The van der Waals surface area contributed by atoms with Gasteiger partial charge < -0.3 is 10.3 Å². The molecular formula is C16H13N5O2. The van der Waals surface area contributed by atoms with Gasteiger partial charge in [0.2, 0.25) is 0 Å². The molecule has 3 aromatic rings. The van der Waals surface area contributed by atoms with Crippen molar-refractivity contribution >= 4 is 28.7 Å². The van der Waals surface area contributed by atoms with E-state index >= 15 is 0 Å². The zero-order valence-electron chi connectivity index (χ0n) is 12.2. The number of Topliss-reactive ketones (excluding diaryl/α,β-unsaturated/α-hetero) is 1. The summed E-state index contributed by atoms with van der Waals surface area (Å²) in [5, 5.41) is 2.72. The van der Waals surface area contributed by atoms with Crippen LogP contribution in [-0.4, -0.2) is 31.6 Å². The summed E-state index contributed by atoms with van der Waals surface area (Å²) in [5.41, 5.74) is 2.82. The molecule has 1 aliphatic carbocycles. The van der Waals surface area contributed by atoms with Crippen LogP contribution in [0.3, 0.4) is 0 Å². The van der Waals surface area contributed by atoms with Crippen molar-refractivity contribution in [2.24, 2.45) is 0 Å². The normalized spacial score (nSPS) is 13.8. The highest BCUT2D eigenvalue weighted by Gasteiger charge is 2.26. The Labute approximate surface area is 131 Å². The number of hydrogen-bond donors (Lipinski definition) is 2. The second-order valence-electron chi connectivity index (χ2n) is 5.38. The molecule has 0 radical (unpaired) electrons. The van der Waals surface area contributed by atoms with Crippen LogP contribution >= 0.6 is 0 Å². The van der Waals surface area contributed by atoms with Gasteiger partial charge in [-0.1, -0.05) is 0 Å². The van der Waals surface area contributed by atoms with Crippen molar-refractivity contribution in [1.82, 2.24) is 19.9 Å². The van der Waals surface area contributed by atoms with E-state index in [1.54, 1.807) is 30.7 Å². The van der Waals surface area contributed by atoms with E-state index in [0.717, 1.165) is 18.5 Å². The van der Waals surface area contributed by atoms with Gasteiger partial charge in [0, 0.05) is 30.7 Å². The highest BCUT2D eigenvalue weighted by molar-refractivity contribution is 6.13. The van der Waals surface area contributed by atoms with Crippen molar-refractivity contribution in [3.63, 3.8) is 0 Å². The second kappa shape index (κ2) is 5.28. The maximum Gasteiger partial charge on any atom is 0.259 e. The molecule has 0 atom stereocenters. The number of rotatable bonds is 2. The molecule has 0 fully saturated rings. The van der Waals surface area contributed by atoms with Gasteiger partial charge >= 0.3 is 0 Å². The van der Waals surface area contributed by atoms with Crippen molar-refractivity contribution < 1.29 is 9.59 Å². The summed E-state index contributed by atoms with van der Waals surface area (Å²) < 4.78 is 0. The van der Waals surface area contributed by atoms with Gasteiger partial charge in [-0.25, -0.2) is 9.97 Å². The molecule has 0 aromatic carbocycles. The lowest BCUT2D eigenvalue weighted by atomic mass is 9.93. The number of carbonyl (C=O) groups is 2. The number of carbonyl (C=O) groups excluding carboxylic acids is 2. The van der Waals surface area contributed by atoms with Crippen LogP contribution in [0.2, 0.25) is 0 Å². The highest BCUT2D eigenvalue weighted by Crippen LogP contribution is 2.24. The van der Waals surface area contributed by atoms with Crippen molar-refractivity contribution in [3.05, 3.63) is 47.5 Å². The summed E-state index contributed by atoms with van der Waals surface area (Å²) in [7, 11) is 0. The fraction of sp³-hybridized carbons (Fsp3) is 0.188. The van der Waals surface area contributed by atoms with E-state index in [1.165, 1.54) is 0 Å². The van der Waals surface area contributed by atoms with E-state index in [-0.39, 0.29) is 11.7 Å². The molecular weight excluding hydrogens is 294 g/mol. The Bertz CT molecular complexity index is 931.